The largest absolute Gasteiger partial charge is 0.481 e. The quantitative estimate of drug-likeness (QED) is 0.371. The lowest BCUT2D eigenvalue weighted by Crippen LogP contribution is -2.05. The summed E-state index contributed by atoms with van der Waals surface area (Å²) in [6, 6.07) is 11.2. The summed E-state index contributed by atoms with van der Waals surface area (Å²) in [5.41, 5.74) is 1.95. The highest BCUT2D eigenvalue weighted by atomic mass is 19.1. The van der Waals surface area contributed by atoms with Crippen molar-refractivity contribution in [2.24, 2.45) is 0 Å². The molecule has 0 radical (unpaired) electrons. The molecular weight excluding hydrogens is 335 g/mol. The molecule has 5 heteroatoms. The standard InChI is InChI=1S/C21H17FO4/c1-2-3-15-4-6-16(7-5-15)8-13-21(25)26-18-11-9-17(19(22)14-18)10-12-20(23)24/h4-9,11,13-14H,10,12H2,1H3,(H,23,24)/b13-8+. The summed E-state index contributed by atoms with van der Waals surface area (Å²) in [6.45, 7) is 1.76. The molecule has 0 aliphatic heterocycles. The molecule has 0 aliphatic rings. The van der Waals surface area contributed by atoms with Crippen molar-refractivity contribution in [3.05, 3.63) is 71.0 Å². The third kappa shape index (κ3) is 5.91. The first-order valence-electron chi connectivity index (χ1n) is 7.91. The topological polar surface area (TPSA) is 63.6 Å². The van der Waals surface area contributed by atoms with Crippen LogP contribution in [0.5, 0.6) is 5.75 Å². The Labute approximate surface area is 150 Å². The lowest BCUT2D eigenvalue weighted by Gasteiger charge is -2.05. The number of aliphatic carboxylic acids is 1. The number of benzene rings is 2. The lowest BCUT2D eigenvalue weighted by atomic mass is 10.1. The maximum absolute atomic E-state index is 13.9. The molecule has 0 bridgehead atoms. The highest BCUT2D eigenvalue weighted by Gasteiger charge is 2.08. The Hall–Kier alpha value is -3.39. The van der Waals surface area contributed by atoms with Gasteiger partial charge < -0.3 is 9.84 Å². The van der Waals surface area contributed by atoms with Crippen LogP contribution in [0.3, 0.4) is 0 Å². The second-order valence-corrected chi connectivity index (χ2v) is 5.40. The molecule has 0 heterocycles. The van der Waals surface area contributed by atoms with Gasteiger partial charge in [0, 0.05) is 24.1 Å². The fourth-order valence-corrected chi connectivity index (χ4v) is 2.17. The number of esters is 1. The summed E-state index contributed by atoms with van der Waals surface area (Å²) in [5.74, 6) is 3.54. The Balaban J connectivity index is 1.97. The molecule has 4 nitrogen and oxygen atoms in total. The number of carboxylic acids is 1. The van der Waals surface area contributed by atoms with Gasteiger partial charge >= 0.3 is 11.9 Å². The molecule has 0 saturated carbocycles. The minimum atomic E-state index is -1.00. The molecule has 0 atom stereocenters. The van der Waals surface area contributed by atoms with E-state index in [1.54, 1.807) is 13.0 Å². The first-order valence-corrected chi connectivity index (χ1v) is 7.91. The summed E-state index contributed by atoms with van der Waals surface area (Å²) in [7, 11) is 0. The number of ether oxygens (including phenoxy) is 1. The van der Waals surface area contributed by atoms with E-state index in [9.17, 15) is 14.0 Å². The highest BCUT2D eigenvalue weighted by Crippen LogP contribution is 2.18. The van der Waals surface area contributed by atoms with Gasteiger partial charge in [0.25, 0.3) is 0 Å². The summed E-state index contributed by atoms with van der Waals surface area (Å²) in [4.78, 5) is 22.4. The zero-order valence-electron chi connectivity index (χ0n) is 14.2. The van der Waals surface area contributed by atoms with E-state index in [1.165, 1.54) is 18.2 Å². The van der Waals surface area contributed by atoms with E-state index in [1.807, 2.05) is 24.3 Å². The van der Waals surface area contributed by atoms with Gasteiger partial charge in [0.05, 0.1) is 0 Å². The Morgan fingerprint density at radius 1 is 1.19 bits per heavy atom. The third-order valence-electron chi connectivity index (χ3n) is 3.44. The number of rotatable bonds is 6. The average Bonchev–Trinajstić information content (AvgIpc) is 2.60. The minimum absolute atomic E-state index is 0.0600. The smallest absolute Gasteiger partial charge is 0.336 e. The van der Waals surface area contributed by atoms with E-state index in [-0.39, 0.29) is 24.2 Å². The van der Waals surface area contributed by atoms with Crippen LogP contribution in [-0.4, -0.2) is 17.0 Å². The maximum Gasteiger partial charge on any atom is 0.336 e. The van der Waals surface area contributed by atoms with E-state index in [4.69, 9.17) is 9.84 Å². The molecule has 2 aromatic carbocycles. The molecule has 0 aromatic heterocycles. The Kier molecular flexibility index (Phi) is 6.69. The summed E-state index contributed by atoms with van der Waals surface area (Å²) in [5, 5.41) is 8.63. The summed E-state index contributed by atoms with van der Waals surface area (Å²) < 4.78 is 18.9. The van der Waals surface area contributed by atoms with Crippen LogP contribution in [0, 0.1) is 17.7 Å². The minimum Gasteiger partial charge on any atom is -0.481 e. The number of halogens is 1. The summed E-state index contributed by atoms with van der Waals surface area (Å²) in [6.07, 6.45) is 2.74. The van der Waals surface area contributed by atoms with E-state index >= 15 is 0 Å². The van der Waals surface area contributed by atoms with Gasteiger partial charge in [-0.25, -0.2) is 9.18 Å². The molecular formula is C21H17FO4. The molecule has 2 rings (SSSR count). The molecule has 0 fully saturated rings. The molecule has 0 saturated heterocycles. The Morgan fingerprint density at radius 3 is 2.54 bits per heavy atom. The van der Waals surface area contributed by atoms with E-state index in [2.05, 4.69) is 11.8 Å². The van der Waals surface area contributed by atoms with Crippen molar-refractivity contribution in [2.75, 3.05) is 0 Å². The van der Waals surface area contributed by atoms with Crippen molar-refractivity contribution < 1.29 is 23.8 Å². The second kappa shape index (κ2) is 9.19. The molecule has 26 heavy (non-hydrogen) atoms. The van der Waals surface area contributed by atoms with Crippen molar-refractivity contribution in [3.8, 4) is 17.6 Å². The van der Waals surface area contributed by atoms with Crippen LogP contribution in [0.15, 0.2) is 48.5 Å². The molecule has 0 amide bonds. The second-order valence-electron chi connectivity index (χ2n) is 5.40. The van der Waals surface area contributed by atoms with E-state index in [0.717, 1.165) is 17.2 Å². The number of hydrogen-bond acceptors (Lipinski definition) is 3. The van der Waals surface area contributed by atoms with Crippen molar-refractivity contribution in [2.45, 2.75) is 19.8 Å². The first kappa shape index (κ1) is 18.9. The van der Waals surface area contributed by atoms with Gasteiger partial charge in [0.1, 0.15) is 11.6 Å². The van der Waals surface area contributed by atoms with Crippen molar-refractivity contribution in [3.63, 3.8) is 0 Å². The molecule has 2 aromatic rings. The van der Waals surface area contributed by atoms with Gasteiger partial charge in [-0.15, -0.1) is 5.92 Å². The van der Waals surface area contributed by atoms with Gasteiger partial charge in [0.2, 0.25) is 0 Å². The lowest BCUT2D eigenvalue weighted by molar-refractivity contribution is -0.137. The molecule has 0 spiro atoms. The van der Waals surface area contributed by atoms with E-state index in [0.29, 0.717) is 0 Å². The number of hydrogen-bond donors (Lipinski definition) is 1. The van der Waals surface area contributed by atoms with E-state index < -0.39 is 17.8 Å². The fourth-order valence-electron chi connectivity index (χ4n) is 2.17. The molecule has 0 aliphatic carbocycles. The summed E-state index contributed by atoms with van der Waals surface area (Å²) >= 11 is 0. The average molecular weight is 352 g/mol. The number of carboxylic acid groups (broad SMARTS) is 1. The van der Waals surface area contributed by atoms with Crippen LogP contribution in [-0.2, 0) is 16.0 Å². The third-order valence-corrected chi connectivity index (χ3v) is 3.44. The van der Waals surface area contributed by atoms with Gasteiger partial charge in [-0.2, -0.15) is 0 Å². The SMILES string of the molecule is CC#Cc1ccc(/C=C/C(=O)Oc2ccc(CCC(=O)O)c(F)c2)cc1. The Morgan fingerprint density at radius 2 is 1.92 bits per heavy atom. The predicted octanol–water partition coefficient (Wildman–Crippen LogP) is 3.83. The normalized spacial score (nSPS) is 10.2. The van der Waals surface area contributed by atoms with Gasteiger partial charge in [-0.05, 0) is 48.7 Å². The highest BCUT2D eigenvalue weighted by molar-refractivity contribution is 5.88. The molecule has 1 N–H and O–H groups in total. The van der Waals surface area contributed by atoms with Crippen LogP contribution in [0.1, 0.15) is 30.0 Å². The van der Waals surface area contributed by atoms with Gasteiger partial charge in [-0.1, -0.05) is 24.1 Å². The zero-order chi connectivity index (χ0) is 18.9. The fraction of sp³-hybridized carbons (Fsp3) is 0.143. The molecule has 0 unspecified atom stereocenters. The van der Waals surface area contributed by atoms with Crippen LogP contribution >= 0.6 is 0 Å². The predicted molar refractivity (Wildman–Crippen MR) is 96.0 cm³/mol. The van der Waals surface area contributed by atoms with Crippen LogP contribution in [0.25, 0.3) is 6.08 Å². The maximum atomic E-state index is 13.9. The Bertz CT molecular complexity index is 886. The molecule has 132 valence electrons. The first-order chi connectivity index (χ1) is 12.5. The van der Waals surface area contributed by atoms with Crippen LogP contribution in [0.4, 0.5) is 4.39 Å². The van der Waals surface area contributed by atoms with Crippen molar-refractivity contribution in [1.29, 1.82) is 0 Å². The van der Waals surface area contributed by atoms with Crippen molar-refractivity contribution >= 4 is 18.0 Å². The van der Waals surface area contributed by atoms with Crippen LogP contribution < -0.4 is 4.74 Å². The van der Waals surface area contributed by atoms with Crippen molar-refractivity contribution in [1.82, 2.24) is 0 Å². The van der Waals surface area contributed by atoms with Gasteiger partial charge in [0.15, 0.2) is 0 Å². The zero-order valence-corrected chi connectivity index (χ0v) is 14.2. The monoisotopic (exact) mass is 352 g/mol. The number of carbonyl (C=O) groups is 2. The number of carbonyl (C=O) groups excluding carboxylic acids is 1. The number of aryl methyl sites for hydroxylation is 1. The van der Waals surface area contributed by atoms with Crippen LogP contribution in [0.2, 0.25) is 0 Å². The van der Waals surface area contributed by atoms with Gasteiger partial charge in [-0.3, -0.25) is 4.79 Å².